The number of rotatable bonds is 5. The van der Waals surface area contributed by atoms with Crippen LogP contribution in [0.2, 0.25) is 0 Å². The largest absolute Gasteiger partial charge is 0.497 e. The Kier molecular flexibility index (Phi) is 5.72. The minimum Gasteiger partial charge on any atom is -0.497 e. The van der Waals surface area contributed by atoms with Crippen LogP contribution in [0.3, 0.4) is 0 Å². The van der Waals surface area contributed by atoms with Crippen LogP contribution in [0.1, 0.15) is 11.1 Å². The molecule has 35 heavy (non-hydrogen) atoms. The van der Waals surface area contributed by atoms with Gasteiger partial charge in [0.2, 0.25) is 16.7 Å². The van der Waals surface area contributed by atoms with Gasteiger partial charge in [0.05, 0.1) is 18.6 Å². The van der Waals surface area contributed by atoms with Crippen LogP contribution in [-0.2, 0) is 19.3 Å². The van der Waals surface area contributed by atoms with Crippen LogP contribution in [-0.4, -0.2) is 37.1 Å². The molecule has 178 valence electrons. The third kappa shape index (κ3) is 3.81. The number of hydrogen-bond acceptors (Lipinski definition) is 5. The number of amides is 3. The number of hydrogen-bond donors (Lipinski definition) is 1. The van der Waals surface area contributed by atoms with Crippen molar-refractivity contribution in [3.8, 4) is 5.75 Å². The molecule has 1 atom stereocenters. The Labute approximate surface area is 205 Å². The lowest BCUT2D eigenvalue weighted by Gasteiger charge is -2.33. The second-order valence-electron chi connectivity index (χ2n) is 8.33. The Hall–Kier alpha value is -3.85. The zero-order valence-corrected chi connectivity index (χ0v) is 19.9. The molecule has 2 aliphatic rings. The van der Waals surface area contributed by atoms with Crippen molar-refractivity contribution in [3.05, 3.63) is 83.7 Å². The average molecular weight is 492 g/mol. The first-order chi connectivity index (χ1) is 16.8. The quantitative estimate of drug-likeness (QED) is 0.582. The van der Waals surface area contributed by atoms with Gasteiger partial charge >= 0.3 is 0 Å². The zero-order valence-electron chi connectivity index (χ0n) is 19.1. The maximum absolute atomic E-state index is 14.0. The molecule has 0 unspecified atom stereocenters. The van der Waals surface area contributed by atoms with E-state index in [0.717, 1.165) is 5.56 Å². The molecule has 7 nitrogen and oxygen atoms in total. The molecule has 1 N–H and O–H groups in total. The predicted molar refractivity (Wildman–Crippen MR) is 133 cm³/mol. The molecule has 2 aliphatic heterocycles. The minimum absolute atomic E-state index is 0.0857. The molecule has 0 aliphatic carbocycles. The van der Waals surface area contributed by atoms with Gasteiger partial charge < -0.3 is 10.1 Å². The van der Waals surface area contributed by atoms with E-state index in [1.165, 1.54) is 45.8 Å². The fraction of sp³-hybridized carbons (Fsp3) is 0.192. The topological polar surface area (TPSA) is 79.0 Å². The van der Waals surface area contributed by atoms with E-state index in [1.54, 1.807) is 37.4 Å². The summed E-state index contributed by atoms with van der Waals surface area (Å²) in [4.78, 5) is 41.5. The third-order valence-corrected chi connectivity index (χ3v) is 7.46. The highest BCUT2D eigenvalue weighted by Gasteiger charge is 2.61. The number of fused-ring (bicyclic) bond motifs is 2. The minimum atomic E-state index is -1.36. The number of nitrogens with one attached hydrogen (secondary N) is 1. The molecule has 1 saturated heterocycles. The van der Waals surface area contributed by atoms with E-state index in [-0.39, 0.29) is 30.0 Å². The molecule has 1 spiro atoms. The summed E-state index contributed by atoms with van der Waals surface area (Å²) in [5.41, 5.74) is 3.12. The summed E-state index contributed by atoms with van der Waals surface area (Å²) >= 11 is 1.21. The molecule has 0 aromatic heterocycles. The maximum atomic E-state index is 14.0. The Morgan fingerprint density at radius 3 is 2.49 bits per heavy atom. The number of carbonyl (C=O) groups is 3. The number of anilines is 3. The van der Waals surface area contributed by atoms with Crippen molar-refractivity contribution in [1.29, 1.82) is 0 Å². The molecular formula is C26H22FN3O4S. The second kappa shape index (κ2) is 8.74. The van der Waals surface area contributed by atoms with Gasteiger partial charge in [-0.15, -0.1) is 11.8 Å². The van der Waals surface area contributed by atoms with Gasteiger partial charge in [-0.05, 0) is 61.5 Å². The van der Waals surface area contributed by atoms with E-state index in [0.29, 0.717) is 28.4 Å². The summed E-state index contributed by atoms with van der Waals surface area (Å²) in [5.74, 6) is -0.715. The zero-order chi connectivity index (χ0) is 24.7. The van der Waals surface area contributed by atoms with Crippen LogP contribution in [0.5, 0.6) is 5.75 Å². The molecular weight excluding hydrogens is 469 g/mol. The van der Waals surface area contributed by atoms with Gasteiger partial charge in [0.15, 0.2) is 0 Å². The summed E-state index contributed by atoms with van der Waals surface area (Å²) in [6.45, 7) is 1.68. The van der Waals surface area contributed by atoms with Crippen molar-refractivity contribution >= 4 is 46.5 Å². The Bertz CT molecular complexity index is 1330. The first-order valence-electron chi connectivity index (χ1n) is 10.9. The Morgan fingerprint density at radius 2 is 1.80 bits per heavy atom. The molecule has 0 bridgehead atoms. The molecule has 2 heterocycles. The van der Waals surface area contributed by atoms with E-state index in [2.05, 4.69) is 5.32 Å². The van der Waals surface area contributed by atoms with Gasteiger partial charge in [-0.25, -0.2) is 4.39 Å². The average Bonchev–Trinajstić information content (AvgIpc) is 3.31. The van der Waals surface area contributed by atoms with Gasteiger partial charge in [-0.2, -0.15) is 0 Å². The Morgan fingerprint density at radius 1 is 1.09 bits per heavy atom. The van der Waals surface area contributed by atoms with Crippen molar-refractivity contribution in [3.63, 3.8) is 0 Å². The monoisotopic (exact) mass is 491 g/mol. The maximum Gasteiger partial charge on any atom is 0.269 e. The fourth-order valence-corrected chi connectivity index (χ4v) is 5.83. The van der Waals surface area contributed by atoms with Crippen LogP contribution in [0.25, 0.3) is 0 Å². The smallest absolute Gasteiger partial charge is 0.269 e. The van der Waals surface area contributed by atoms with Crippen molar-refractivity contribution in [2.75, 3.05) is 34.5 Å². The number of aryl methyl sites for hydroxylation is 1. The number of methoxy groups -OCH3 is 1. The van der Waals surface area contributed by atoms with Gasteiger partial charge in [-0.3, -0.25) is 24.2 Å². The SMILES string of the molecule is COc1ccc(NC(=O)CN2C(=O)[C@@]3(SCC(=O)N3c3ccc(F)cc3)c3cc(C)ccc32)cc1. The molecule has 3 amide bonds. The van der Waals surface area contributed by atoms with Crippen molar-refractivity contribution in [1.82, 2.24) is 0 Å². The molecule has 9 heteroatoms. The molecule has 0 radical (unpaired) electrons. The standard InChI is InChI=1S/C26H22FN3O4S/c1-16-3-12-22-21(13-16)26(30(24(32)15-35-26)19-8-4-17(27)5-9-19)25(33)29(22)14-23(31)28-18-6-10-20(34-2)11-7-18/h3-13H,14-15H2,1-2H3,(H,28,31)/t26-/m0/s1. The van der Waals surface area contributed by atoms with Gasteiger partial charge in [0.1, 0.15) is 18.1 Å². The van der Waals surface area contributed by atoms with E-state index in [9.17, 15) is 18.8 Å². The van der Waals surface area contributed by atoms with Crippen molar-refractivity contribution in [2.24, 2.45) is 0 Å². The highest BCUT2D eigenvalue weighted by atomic mass is 32.2. The number of ether oxygens (including phenoxy) is 1. The van der Waals surface area contributed by atoms with Crippen molar-refractivity contribution < 1.29 is 23.5 Å². The third-order valence-electron chi connectivity index (χ3n) is 6.07. The van der Waals surface area contributed by atoms with E-state index in [1.807, 2.05) is 19.1 Å². The van der Waals surface area contributed by atoms with Crippen LogP contribution < -0.4 is 19.9 Å². The first-order valence-corrected chi connectivity index (χ1v) is 11.9. The highest BCUT2D eigenvalue weighted by molar-refractivity contribution is 8.02. The number of thioether (sulfide) groups is 1. The lowest BCUT2D eigenvalue weighted by Crippen LogP contribution is -2.50. The number of benzene rings is 3. The van der Waals surface area contributed by atoms with Crippen LogP contribution in [0.15, 0.2) is 66.7 Å². The molecule has 0 saturated carbocycles. The summed E-state index contributed by atoms with van der Waals surface area (Å²) in [6.07, 6.45) is 0. The molecule has 1 fully saturated rings. The van der Waals surface area contributed by atoms with Gasteiger partial charge in [0, 0.05) is 16.9 Å². The first kappa shape index (κ1) is 22.9. The molecule has 3 aromatic rings. The number of halogens is 1. The fourth-order valence-electron chi connectivity index (χ4n) is 4.48. The summed E-state index contributed by atoms with van der Waals surface area (Å²) in [6, 6.07) is 17.9. The summed E-state index contributed by atoms with van der Waals surface area (Å²) in [5, 5.41) is 2.80. The number of nitrogens with zero attached hydrogens (tertiary/aromatic N) is 2. The lowest BCUT2D eigenvalue weighted by atomic mass is 10.0. The van der Waals surface area contributed by atoms with Crippen LogP contribution in [0.4, 0.5) is 21.5 Å². The Balaban J connectivity index is 1.50. The van der Waals surface area contributed by atoms with Gasteiger partial charge in [0.25, 0.3) is 5.91 Å². The highest BCUT2D eigenvalue weighted by Crippen LogP contribution is 2.55. The molecule has 3 aromatic carbocycles. The molecule has 5 rings (SSSR count). The van der Waals surface area contributed by atoms with Crippen LogP contribution >= 0.6 is 11.8 Å². The van der Waals surface area contributed by atoms with E-state index >= 15 is 0 Å². The van der Waals surface area contributed by atoms with Crippen LogP contribution in [0, 0.1) is 12.7 Å². The number of carbonyl (C=O) groups excluding carboxylic acids is 3. The second-order valence-corrected chi connectivity index (χ2v) is 9.50. The van der Waals surface area contributed by atoms with Crippen molar-refractivity contribution in [2.45, 2.75) is 11.8 Å². The van der Waals surface area contributed by atoms with E-state index in [4.69, 9.17) is 4.74 Å². The summed E-state index contributed by atoms with van der Waals surface area (Å²) < 4.78 is 18.7. The normalized spacial score (nSPS) is 18.8. The lowest BCUT2D eigenvalue weighted by molar-refractivity contribution is -0.124. The summed E-state index contributed by atoms with van der Waals surface area (Å²) in [7, 11) is 1.56. The van der Waals surface area contributed by atoms with Gasteiger partial charge in [-0.1, -0.05) is 17.7 Å². The predicted octanol–water partition coefficient (Wildman–Crippen LogP) is 4.06. The van der Waals surface area contributed by atoms with E-state index < -0.39 is 10.7 Å².